The van der Waals surface area contributed by atoms with E-state index in [-0.39, 0.29) is 11.8 Å². The summed E-state index contributed by atoms with van der Waals surface area (Å²) in [6.45, 7) is 10.0. The van der Waals surface area contributed by atoms with Crippen LogP contribution in [0.15, 0.2) is 63.5 Å². The summed E-state index contributed by atoms with van der Waals surface area (Å²) >= 11 is 6.80. The van der Waals surface area contributed by atoms with Crippen molar-refractivity contribution in [2.75, 3.05) is 13.1 Å². The number of halogens is 1. The van der Waals surface area contributed by atoms with Crippen molar-refractivity contribution < 1.29 is 14.4 Å². The SMILES string of the molecule is CCCCC(CC)CN1C(=O)C2=C(c3ccc(-c4ccc(C=O)cc4)s3)N(CC(CC)CCCC)C(=O)C2=C1c1ccc(Br)s1. The molecule has 2 atom stereocenters. The average molecular weight is 708 g/mol. The molecule has 0 spiro atoms. The lowest BCUT2D eigenvalue weighted by Gasteiger charge is -2.29. The lowest BCUT2D eigenvalue weighted by Crippen LogP contribution is -2.34. The van der Waals surface area contributed by atoms with E-state index in [4.69, 9.17) is 0 Å². The zero-order chi connectivity index (χ0) is 32.1. The van der Waals surface area contributed by atoms with Crippen LogP contribution in [0, 0.1) is 11.8 Å². The Labute approximate surface area is 284 Å². The molecule has 0 aliphatic carbocycles. The van der Waals surface area contributed by atoms with Gasteiger partial charge in [0, 0.05) is 23.5 Å². The summed E-state index contributed by atoms with van der Waals surface area (Å²) in [5, 5.41) is 0. The Morgan fingerprint density at radius 2 is 1.18 bits per heavy atom. The second-order valence-electron chi connectivity index (χ2n) is 12.1. The minimum atomic E-state index is -0.0581. The minimum absolute atomic E-state index is 0.0581. The zero-order valence-electron chi connectivity index (χ0n) is 26.7. The number of amides is 2. The summed E-state index contributed by atoms with van der Waals surface area (Å²) in [6, 6.07) is 15.7. The Morgan fingerprint density at radius 1 is 0.689 bits per heavy atom. The molecule has 5 nitrogen and oxygen atoms in total. The van der Waals surface area contributed by atoms with Gasteiger partial charge in [-0.3, -0.25) is 14.4 Å². The maximum atomic E-state index is 14.7. The zero-order valence-corrected chi connectivity index (χ0v) is 30.0. The molecule has 0 fully saturated rings. The predicted octanol–water partition coefficient (Wildman–Crippen LogP) is 10.3. The van der Waals surface area contributed by atoms with Crippen LogP contribution in [0.1, 0.15) is 99.2 Å². The molecule has 5 rings (SSSR count). The summed E-state index contributed by atoms with van der Waals surface area (Å²) < 4.78 is 0.977. The number of thiophene rings is 2. The van der Waals surface area contributed by atoms with E-state index in [0.717, 1.165) is 93.0 Å². The monoisotopic (exact) mass is 706 g/mol. The smallest absolute Gasteiger partial charge is 0.261 e. The van der Waals surface area contributed by atoms with Crippen molar-refractivity contribution in [2.45, 2.75) is 79.1 Å². The second kappa shape index (κ2) is 15.2. The van der Waals surface area contributed by atoms with Gasteiger partial charge >= 0.3 is 0 Å². The van der Waals surface area contributed by atoms with E-state index in [1.807, 2.05) is 46.2 Å². The van der Waals surface area contributed by atoms with Gasteiger partial charge in [-0.1, -0.05) is 90.5 Å². The molecule has 1 aromatic carbocycles. The second-order valence-corrected chi connectivity index (χ2v) is 15.7. The third-order valence-corrected chi connectivity index (χ3v) is 11.9. The van der Waals surface area contributed by atoms with E-state index < -0.39 is 0 Å². The molecular weight excluding hydrogens is 664 g/mol. The van der Waals surface area contributed by atoms with Crippen molar-refractivity contribution in [3.05, 3.63) is 78.8 Å². The first-order valence-electron chi connectivity index (χ1n) is 16.4. The van der Waals surface area contributed by atoms with Gasteiger partial charge in [-0.2, -0.15) is 0 Å². The molecule has 3 aromatic rings. The highest BCUT2D eigenvalue weighted by atomic mass is 79.9. The molecule has 8 heteroatoms. The number of aldehydes is 1. The number of rotatable bonds is 16. The fourth-order valence-electron chi connectivity index (χ4n) is 6.40. The molecule has 2 amide bonds. The summed E-state index contributed by atoms with van der Waals surface area (Å²) in [6.07, 6.45) is 9.40. The number of hydrogen-bond donors (Lipinski definition) is 0. The van der Waals surface area contributed by atoms with Gasteiger partial charge in [0.25, 0.3) is 11.8 Å². The molecular formula is C37H43BrN2O3S2. The van der Waals surface area contributed by atoms with Crippen LogP contribution in [-0.4, -0.2) is 41.0 Å². The van der Waals surface area contributed by atoms with Crippen LogP contribution in [0.5, 0.6) is 0 Å². The maximum absolute atomic E-state index is 14.7. The van der Waals surface area contributed by atoms with E-state index in [2.05, 4.69) is 55.8 Å². The van der Waals surface area contributed by atoms with Gasteiger partial charge in [0.2, 0.25) is 0 Å². The van der Waals surface area contributed by atoms with Crippen molar-refractivity contribution in [1.29, 1.82) is 0 Å². The third-order valence-electron chi connectivity index (χ3n) is 9.13. The van der Waals surface area contributed by atoms with Crippen LogP contribution in [0.25, 0.3) is 21.8 Å². The van der Waals surface area contributed by atoms with Gasteiger partial charge in [0.1, 0.15) is 6.29 Å². The number of carbonyl (C=O) groups is 3. The number of benzene rings is 1. The van der Waals surface area contributed by atoms with Crippen LogP contribution in [0.4, 0.5) is 0 Å². The maximum Gasteiger partial charge on any atom is 0.261 e. The van der Waals surface area contributed by atoms with E-state index >= 15 is 0 Å². The Kier molecular flexibility index (Phi) is 11.3. The third kappa shape index (κ3) is 6.98. The van der Waals surface area contributed by atoms with Crippen molar-refractivity contribution >= 4 is 68.1 Å². The number of unbranched alkanes of at least 4 members (excludes halogenated alkanes) is 2. The lowest BCUT2D eigenvalue weighted by molar-refractivity contribution is -0.124. The van der Waals surface area contributed by atoms with E-state index in [1.54, 1.807) is 22.7 Å². The van der Waals surface area contributed by atoms with Crippen molar-refractivity contribution in [3.63, 3.8) is 0 Å². The molecule has 0 N–H and O–H groups in total. The average Bonchev–Trinajstić information content (AvgIpc) is 3.83. The van der Waals surface area contributed by atoms with E-state index in [0.29, 0.717) is 41.6 Å². The van der Waals surface area contributed by atoms with Gasteiger partial charge < -0.3 is 9.80 Å². The summed E-state index contributed by atoms with van der Waals surface area (Å²) in [4.78, 5) is 47.3. The van der Waals surface area contributed by atoms with Crippen molar-refractivity contribution in [3.8, 4) is 10.4 Å². The molecule has 0 bridgehead atoms. The Hall–Kier alpha value is -2.81. The first kappa shape index (κ1) is 33.6. The predicted molar refractivity (Wildman–Crippen MR) is 191 cm³/mol. The van der Waals surface area contributed by atoms with Crippen molar-refractivity contribution in [2.24, 2.45) is 11.8 Å². The van der Waals surface area contributed by atoms with Crippen molar-refractivity contribution in [1.82, 2.24) is 9.80 Å². The van der Waals surface area contributed by atoms with E-state index in [1.165, 1.54) is 0 Å². The highest BCUT2D eigenvalue weighted by Crippen LogP contribution is 2.50. The molecule has 0 saturated heterocycles. The topological polar surface area (TPSA) is 57.7 Å². The van der Waals surface area contributed by atoms with Crippen LogP contribution in [0.2, 0.25) is 0 Å². The van der Waals surface area contributed by atoms with Gasteiger partial charge in [0.15, 0.2) is 0 Å². The first-order chi connectivity index (χ1) is 21.8. The van der Waals surface area contributed by atoms with Gasteiger partial charge in [-0.05, 0) is 70.4 Å². The molecule has 2 unspecified atom stereocenters. The fourth-order valence-corrected chi connectivity index (χ4v) is 8.91. The fraction of sp³-hybridized carbons (Fsp3) is 0.432. The van der Waals surface area contributed by atoms with Gasteiger partial charge in [0.05, 0.1) is 36.1 Å². The molecule has 238 valence electrons. The quantitative estimate of drug-likeness (QED) is 0.139. The van der Waals surface area contributed by atoms with Crippen LogP contribution < -0.4 is 0 Å². The normalized spacial score (nSPS) is 16.3. The first-order valence-corrected chi connectivity index (χ1v) is 18.8. The summed E-state index contributed by atoms with van der Waals surface area (Å²) in [5.74, 6) is 0.598. The van der Waals surface area contributed by atoms with Gasteiger partial charge in [-0.25, -0.2) is 0 Å². The largest absolute Gasteiger partial charge is 0.306 e. The molecule has 2 aliphatic rings. The highest BCUT2D eigenvalue weighted by Gasteiger charge is 2.50. The van der Waals surface area contributed by atoms with Gasteiger partial charge in [-0.15, -0.1) is 22.7 Å². The van der Waals surface area contributed by atoms with Crippen LogP contribution in [0.3, 0.4) is 0 Å². The van der Waals surface area contributed by atoms with Crippen LogP contribution >= 0.6 is 38.6 Å². The molecule has 2 aliphatic heterocycles. The summed E-state index contributed by atoms with van der Waals surface area (Å²) in [5.41, 5.74) is 4.29. The highest BCUT2D eigenvalue weighted by molar-refractivity contribution is 9.11. The Bertz CT molecular complexity index is 1600. The van der Waals surface area contributed by atoms with E-state index in [9.17, 15) is 14.4 Å². The standard InChI is InChI=1S/C37H43BrN2O3S2/c1-5-9-11-24(7-3)21-39-34(29-18-17-28(44-29)27-15-13-26(23-41)14-16-27)32-33(37(39)43)35(30-19-20-31(38)45-30)40(36(32)42)22-25(8-4)12-10-6-2/h13-20,23-25H,5-12,21-22H2,1-4H3. The molecule has 4 heterocycles. The number of hydrogen-bond acceptors (Lipinski definition) is 5. The number of carbonyl (C=O) groups excluding carboxylic acids is 3. The minimum Gasteiger partial charge on any atom is -0.306 e. The number of fused-ring (bicyclic) bond motifs is 1. The molecule has 2 aromatic heterocycles. The molecule has 0 saturated carbocycles. The summed E-state index contributed by atoms with van der Waals surface area (Å²) in [7, 11) is 0. The number of nitrogens with zero attached hydrogens (tertiary/aromatic N) is 2. The Balaban J connectivity index is 1.66. The van der Waals surface area contributed by atoms with Crippen LogP contribution in [-0.2, 0) is 9.59 Å². The lowest BCUT2D eigenvalue weighted by atomic mass is 9.98. The molecule has 0 radical (unpaired) electrons. The molecule has 45 heavy (non-hydrogen) atoms. The Morgan fingerprint density at radius 3 is 1.62 bits per heavy atom.